The Morgan fingerprint density at radius 3 is 2.40 bits per heavy atom. The molecular formula is C20H35NO3S. The summed E-state index contributed by atoms with van der Waals surface area (Å²) in [4.78, 5) is 26.5. The van der Waals surface area contributed by atoms with Gasteiger partial charge in [0.2, 0.25) is 5.91 Å². The molecule has 2 aliphatic rings. The second-order valence-electron chi connectivity index (χ2n) is 9.00. The molecular weight excluding hydrogens is 334 g/mol. The lowest BCUT2D eigenvalue weighted by Crippen LogP contribution is -2.35. The van der Waals surface area contributed by atoms with Crippen LogP contribution < -0.4 is 0 Å². The SMILES string of the molecule is CC(C)SCC1CC(=O)N(CC2CCC(C(=O)OC(C)(C)C)CC2)C1. The van der Waals surface area contributed by atoms with Crippen molar-refractivity contribution in [1.82, 2.24) is 4.90 Å². The third kappa shape index (κ3) is 6.84. The summed E-state index contributed by atoms with van der Waals surface area (Å²) in [7, 11) is 0. The Hall–Kier alpha value is -0.710. The van der Waals surface area contributed by atoms with Crippen molar-refractivity contribution in [2.24, 2.45) is 17.8 Å². The van der Waals surface area contributed by atoms with Gasteiger partial charge < -0.3 is 9.64 Å². The Morgan fingerprint density at radius 2 is 1.84 bits per heavy atom. The third-order valence-corrected chi connectivity index (χ3v) is 6.36. The van der Waals surface area contributed by atoms with Crippen LogP contribution in [0.3, 0.4) is 0 Å². The molecule has 1 amide bonds. The zero-order chi connectivity index (χ0) is 18.6. The molecule has 1 unspecified atom stereocenters. The van der Waals surface area contributed by atoms with E-state index in [4.69, 9.17) is 4.74 Å². The van der Waals surface area contributed by atoms with Gasteiger partial charge in [-0.1, -0.05) is 13.8 Å². The number of esters is 1. The van der Waals surface area contributed by atoms with Crippen molar-refractivity contribution < 1.29 is 14.3 Å². The van der Waals surface area contributed by atoms with E-state index < -0.39 is 5.60 Å². The average Bonchev–Trinajstić information content (AvgIpc) is 2.84. The molecule has 0 N–H and O–H groups in total. The van der Waals surface area contributed by atoms with Crippen LogP contribution in [0.5, 0.6) is 0 Å². The van der Waals surface area contributed by atoms with Crippen LogP contribution >= 0.6 is 11.8 Å². The number of rotatable bonds is 6. The Morgan fingerprint density at radius 1 is 1.20 bits per heavy atom. The van der Waals surface area contributed by atoms with Crippen LogP contribution in [0.1, 0.15) is 66.7 Å². The van der Waals surface area contributed by atoms with E-state index in [-0.39, 0.29) is 11.9 Å². The highest BCUT2D eigenvalue weighted by Crippen LogP contribution is 2.33. The number of nitrogens with zero attached hydrogens (tertiary/aromatic N) is 1. The largest absolute Gasteiger partial charge is 0.460 e. The Kier molecular flexibility index (Phi) is 7.24. The lowest BCUT2D eigenvalue weighted by Gasteiger charge is -2.32. The van der Waals surface area contributed by atoms with E-state index in [1.807, 2.05) is 32.5 Å². The fourth-order valence-electron chi connectivity index (χ4n) is 3.75. The zero-order valence-electron chi connectivity index (χ0n) is 16.5. The average molecular weight is 370 g/mol. The van der Waals surface area contributed by atoms with E-state index in [0.717, 1.165) is 44.5 Å². The van der Waals surface area contributed by atoms with Gasteiger partial charge in [-0.2, -0.15) is 11.8 Å². The molecule has 5 heteroatoms. The number of ether oxygens (including phenoxy) is 1. The minimum atomic E-state index is -0.404. The first-order valence-electron chi connectivity index (χ1n) is 9.76. The van der Waals surface area contributed by atoms with Crippen molar-refractivity contribution in [2.75, 3.05) is 18.8 Å². The maximum Gasteiger partial charge on any atom is 0.309 e. The summed E-state index contributed by atoms with van der Waals surface area (Å²) in [5, 5.41) is 0.632. The van der Waals surface area contributed by atoms with Gasteiger partial charge in [0.05, 0.1) is 5.92 Å². The quantitative estimate of drug-likeness (QED) is 0.661. The van der Waals surface area contributed by atoms with Gasteiger partial charge >= 0.3 is 5.97 Å². The monoisotopic (exact) mass is 369 g/mol. The summed E-state index contributed by atoms with van der Waals surface area (Å²) in [5.41, 5.74) is -0.404. The lowest BCUT2D eigenvalue weighted by molar-refractivity contribution is -0.161. The molecule has 0 bridgehead atoms. The van der Waals surface area contributed by atoms with E-state index in [0.29, 0.717) is 29.4 Å². The first-order chi connectivity index (χ1) is 11.6. The van der Waals surface area contributed by atoms with Gasteiger partial charge in [-0.05, 0) is 69.3 Å². The first-order valence-corrected chi connectivity index (χ1v) is 10.8. The van der Waals surface area contributed by atoms with Gasteiger partial charge in [-0.15, -0.1) is 0 Å². The van der Waals surface area contributed by atoms with Gasteiger partial charge in [0.25, 0.3) is 0 Å². The highest BCUT2D eigenvalue weighted by Gasteiger charge is 2.34. The highest BCUT2D eigenvalue weighted by atomic mass is 32.2. The number of thioether (sulfide) groups is 1. The normalized spacial score (nSPS) is 27.8. The number of hydrogen-bond acceptors (Lipinski definition) is 4. The number of amides is 1. The Bertz CT molecular complexity index is 464. The minimum absolute atomic E-state index is 0.0416. The number of hydrogen-bond donors (Lipinski definition) is 0. The van der Waals surface area contributed by atoms with Gasteiger partial charge in [0.1, 0.15) is 5.60 Å². The van der Waals surface area contributed by atoms with Crippen LogP contribution in [0.25, 0.3) is 0 Å². The molecule has 1 aliphatic heterocycles. The summed E-state index contributed by atoms with van der Waals surface area (Å²) in [5.74, 6) is 2.46. The molecule has 1 atom stereocenters. The second kappa shape index (κ2) is 8.79. The van der Waals surface area contributed by atoms with Crippen molar-refractivity contribution in [1.29, 1.82) is 0 Å². The molecule has 0 radical (unpaired) electrons. The Balaban J connectivity index is 1.73. The number of likely N-dealkylation sites (tertiary alicyclic amines) is 1. The Labute approximate surface area is 157 Å². The van der Waals surface area contributed by atoms with Gasteiger partial charge in [-0.25, -0.2) is 0 Å². The van der Waals surface area contributed by atoms with Gasteiger partial charge in [0.15, 0.2) is 0 Å². The summed E-state index contributed by atoms with van der Waals surface area (Å²) in [6.45, 7) is 12.0. The molecule has 2 fully saturated rings. The molecule has 4 nitrogen and oxygen atoms in total. The number of carbonyl (C=O) groups excluding carboxylic acids is 2. The van der Waals surface area contributed by atoms with Crippen LogP contribution in [0.2, 0.25) is 0 Å². The zero-order valence-corrected chi connectivity index (χ0v) is 17.4. The van der Waals surface area contributed by atoms with Crippen LogP contribution in [0.15, 0.2) is 0 Å². The number of carbonyl (C=O) groups is 2. The van der Waals surface area contributed by atoms with E-state index in [1.165, 1.54) is 0 Å². The van der Waals surface area contributed by atoms with Gasteiger partial charge in [-0.3, -0.25) is 9.59 Å². The van der Waals surface area contributed by atoms with Crippen molar-refractivity contribution in [3.63, 3.8) is 0 Å². The van der Waals surface area contributed by atoms with E-state index in [1.54, 1.807) is 0 Å². The maximum absolute atomic E-state index is 12.3. The highest BCUT2D eigenvalue weighted by molar-refractivity contribution is 7.99. The smallest absolute Gasteiger partial charge is 0.309 e. The van der Waals surface area contributed by atoms with Crippen LogP contribution in [0, 0.1) is 17.8 Å². The molecule has 0 spiro atoms. The summed E-state index contributed by atoms with van der Waals surface area (Å²) in [6, 6.07) is 0. The standard InChI is InChI=1S/C20H35NO3S/c1-14(2)25-13-16-10-18(22)21(12-16)11-15-6-8-17(9-7-15)19(23)24-20(3,4)5/h14-17H,6-13H2,1-5H3. The molecule has 0 aromatic heterocycles. The molecule has 25 heavy (non-hydrogen) atoms. The minimum Gasteiger partial charge on any atom is -0.460 e. The predicted octanol–water partition coefficient (Wildman–Crippen LogP) is 4.12. The van der Waals surface area contributed by atoms with Crippen molar-refractivity contribution in [3.05, 3.63) is 0 Å². The molecule has 1 aliphatic carbocycles. The third-order valence-electron chi connectivity index (χ3n) is 5.03. The molecule has 144 valence electrons. The maximum atomic E-state index is 12.3. The topological polar surface area (TPSA) is 46.6 Å². The van der Waals surface area contributed by atoms with Gasteiger partial charge in [0, 0.05) is 19.5 Å². The fraction of sp³-hybridized carbons (Fsp3) is 0.900. The van der Waals surface area contributed by atoms with Crippen molar-refractivity contribution in [3.8, 4) is 0 Å². The van der Waals surface area contributed by atoms with Crippen LogP contribution in [-0.2, 0) is 14.3 Å². The fourth-order valence-corrected chi connectivity index (χ4v) is 4.63. The lowest BCUT2D eigenvalue weighted by atomic mass is 9.81. The molecule has 0 aromatic carbocycles. The van der Waals surface area contributed by atoms with Crippen LogP contribution in [0.4, 0.5) is 0 Å². The van der Waals surface area contributed by atoms with E-state index in [9.17, 15) is 9.59 Å². The predicted molar refractivity (Wildman–Crippen MR) is 104 cm³/mol. The summed E-state index contributed by atoms with van der Waals surface area (Å²) >= 11 is 1.96. The van der Waals surface area contributed by atoms with Crippen molar-refractivity contribution in [2.45, 2.75) is 77.6 Å². The molecule has 1 saturated carbocycles. The molecule has 2 rings (SSSR count). The summed E-state index contributed by atoms with van der Waals surface area (Å²) < 4.78 is 5.52. The molecule has 1 saturated heterocycles. The molecule has 0 aromatic rings. The van der Waals surface area contributed by atoms with E-state index in [2.05, 4.69) is 18.7 Å². The second-order valence-corrected chi connectivity index (χ2v) is 10.6. The van der Waals surface area contributed by atoms with Crippen LogP contribution in [-0.4, -0.2) is 46.5 Å². The summed E-state index contributed by atoms with van der Waals surface area (Å²) in [6.07, 6.45) is 4.56. The van der Waals surface area contributed by atoms with Crippen molar-refractivity contribution >= 4 is 23.6 Å². The first kappa shape index (κ1) is 20.6. The van der Waals surface area contributed by atoms with E-state index >= 15 is 0 Å². The molecule has 1 heterocycles.